The molecule has 0 atom stereocenters. The van der Waals surface area contributed by atoms with Crippen LogP contribution in [0.4, 0.5) is 0 Å². The minimum absolute atomic E-state index is 0.282. The van der Waals surface area contributed by atoms with Crippen LogP contribution in [0.3, 0.4) is 0 Å². The zero-order valence-electron chi connectivity index (χ0n) is 11.8. The van der Waals surface area contributed by atoms with Gasteiger partial charge in [-0.05, 0) is 17.9 Å². The number of carboxylic acid groups (broad SMARTS) is 1. The van der Waals surface area contributed by atoms with E-state index in [1.807, 2.05) is 49.4 Å². The van der Waals surface area contributed by atoms with Gasteiger partial charge in [0, 0.05) is 5.39 Å². The van der Waals surface area contributed by atoms with Crippen LogP contribution in [0.1, 0.15) is 29.4 Å². The van der Waals surface area contributed by atoms with Gasteiger partial charge in [0.2, 0.25) is 0 Å². The second-order valence-corrected chi connectivity index (χ2v) is 4.97. The Morgan fingerprint density at radius 2 is 1.95 bits per heavy atom. The van der Waals surface area contributed by atoms with Crippen molar-refractivity contribution in [3.05, 3.63) is 59.9 Å². The Morgan fingerprint density at radius 1 is 1.19 bits per heavy atom. The molecule has 1 heterocycles. The smallest absolute Gasteiger partial charge is 0.339 e. The number of rotatable bonds is 4. The third-order valence-electron chi connectivity index (χ3n) is 3.58. The third-order valence-corrected chi connectivity index (χ3v) is 3.58. The second-order valence-electron chi connectivity index (χ2n) is 4.97. The van der Waals surface area contributed by atoms with E-state index in [0.717, 1.165) is 28.6 Å². The van der Waals surface area contributed by atoms with Crippen molar-refractivity contribution < 1.29 is 9.90 Å². The van der Waals surface area contributed by atoms with Crippen molar-refractivity contribution in [2.75, 3.05) is 0 Å². The number of fused-ring (bicyclic) bond motifs is 1. The number of aromatic nitrogens is 2. The molecule has 0 fully saturated rings. The highest BCUT2D eigenvalue weighted by Crippen LogP contribution is 2.24. The van der Waals surface area contributed by atoms with Crippen LogP contribution in [0, 0.1) is 0 Å². The summed E-state index contributed by atoms with van der Waals surface area (Å²) in [6, 6.07) is 14.0. The van der Waals surface area contributed by atoms with Gasteiger partial charge in [-0.15, -0.1) is 0 Å². The highest BCUT2D eigenvalue weighted by Gasteiger charge is 2.17. The Balaban J connectivity index is 2.26. The summed E-state index contributed by atoms with van der Waals surface area (Å²) in [6.07, 6.45) is 3.00. The van der Waals surface area contributed by atoms with Crippen molar-refractivity contribution in [2.45, 2.75) is 19.8 Å². The van der Waals surface area contributed by atoms with Crippen LogP contribution < -0.4 is 0 Å². The van der Waals surface area contributed by atoms with Crippen LogP contribution in [-0.2, 0) is 6.42 Å². The number of benzene rings is 2. The number of nitrogens with zero attached hydrogens (tertiary/aromatic N) is 2. The SMILES string of the molecule is CCCc1c(C(=O)O)cnn1-c1cccc2ccccc12. The van der Waals surface area contributed by atoms with Crippen molar-refractivity contribution in [1.82, 2.24) is 9.78 Å². The lowest BCUT2D eigenvalue weighted by molar-refractivity contribution is 0.0695. The molecule has 3 aromatic rings. The molecule has 0 bridgehead atoms. The minimum Gasteiger partial charge on any atom is -0.478 e. The predicted octanol–water partition coefficient (Wildman–Crippen LogP) is 3.68. The fourth-order valence-corrected chi connectivity index (χ4v) is 2.63. The minimum atomic E-state index is -0.926. The molecule has 3 rings (SSSR count). The lowest BCUT2D eigenvalue weighted by atomic mass is 10.1. The van der Waals surface area contributed by atoms with Gasteiger partial charge in [-0.25, -0.2) is 9.48 Å². The fraction of sp³-hybridized carbons (Fsp3) is 0.176. The first-order chi connectivity index (χ1) is 10.2. The van der Waals surface area contributed by atoms with E-state index in [9.17, 15) is 9.90 Å². The zero-order chi connectivity index (χ0) is 14.8. The lowest BCUT2D eigenvalue weighted by Gasteiger charge is -2.10. The Morgan fingerprint density at radius 3 is 2.71 bits per heavy atom. The first kappa shape index (κ1) is 13.4. The molecule has 1 N–H and O–H groups in total. The van der Waals surface area contributed by atoms with Crippen LogP contribution in [0.2, 0.25) is 0 Å². The van der Waals surface area contributed by atoms with Crippen LogP contribution >= 0.6 is 0 Å². The number of carboxylic acids is 1. The van der Waals surface area contributed by atoms with Crippen LogP contribution in [0.25, 0.3) is 16.5 Å². The third kappa shape index (κ3) is 2.29. The molecule has 0 amide bonds. The van der Waals surface area contributed by atoms with Gasteiger partial charge < -0.3 is 5.11 Å². The maximum atomic E-state index is 11.4. The van der Waals surface area contributed by atoms with Gasteiger partial charge in [-0.2, -0.15) is 5.10 Å². The van der Waals surface area contributed by atoms with Gasteiger partial charge in [0.25, 0.3) is 0 Å². The second kappa shape index (κ2) is 5.40. The molecule has 0 aliphatic rings. The Kier molecular flexibility index (Phi) is 3.44. The summed E-state index contributed by atoms with van der Waals surface area (Å²) < 4.78 is 1.76. The van der Waals surface area contributed by atoms with Gasteiger partial charge >= 0.3 is 5.97 Å². The highest BCUT2D eigenvalue weighted by atomic mass is 16.4. The molecule has 0 radical (unpaired) electrons. The fourth-order valence-electron chi connectivity index (χ4n) is 2.63. The van der Waals surface area contributed by atoms with Gasteiger partial charge in [0.15, 0.2) is 0 Å². The average molecular weight is 280 g/mol. The molecule has 0 saturated heterocycles. The standard InChI is InChI=1S/C17H16N2O2/c1-2-6-15-14(17(20)21)11-18-19(15)16-10-5-8-12-7-3-4-9-13(12)16/h3-5,7-11H,2,6H2,1H3,(H,20,21). The summed E-state index contributed by atoms with van der Waals surface area (Å²) in [5.74, 6) is -0.926. The van der Waals surface area contributed by atoms with Crippen molar-refractivity contribution in [3.8, 4) is 5.69 Å². The van der Waals surface area contributed by atoms with Crippen molar-refractivity contribution in [3.63, 3.8) is 0 Å². The molecule has 4 heteroatoms. The van der Waals surface area contributed by atoms with Crippen molar-refractivity contribution in [2.24, 2.45) is 0 Å². The molecular weight excluding hydrogens is 264 g/mol. The maximum Gasteiger partial charge on any atom is 0.339 e. The lowest BCUT2D eigenvalue weighted by Crippen LogP contribution is -2.07. The van der Waals surface area contributed by atoms with Crippen LogP contribution in [0.15, 0.2) is 48.7 Å². The van der Waals surface area contributed by atoms with Crippen LogP contribution in [0.5, 0.6) is 0 Å². The van der Waals surface area contributed by atoms with E-state index in [1.165, 1.54) is 6.20 Å². The monoisotopic (exact) mass is 280 g/mol. The maximum absolute atomic E-state index is 11.4. The molecule has 0 aliphatic carbocycles. The van der Waals surface area contributed by atoms with Gasteiger partial charge in [0.05, 0.1) is 17.6 Å². The molecule has 1 aromatic heterocycles. The van der Waals surface area contributed by atoms with Crippen molar-refractivity contribution in [1.29, 1.82) is 0 Å². The number of carbonyl (C=O) groups is 1. The molecule has 0 aliphatic heterocycles. The molecule has 2 aromatic carbocycles. The van der Waals surface area contributed by atoms with Gasteiger partial charge in [-0.1, -0.05) is 49.7 Å². The predicted molar refractivity (Wildman–Crippen MR) is 82.0 cm³/mol. The highest BCUT2D eigenvalue weighted by molar-refractivity contribution is 5.92. The summed E-state index contributed by atoms with van der Waals surface area (Å²) in [4.78, 5) is 11.4. The molecule has 0 saturated carbocycles. The Bertz CT molecular complexity index is 800. The summed E-state index contributed by atoms with van der Waals surface area (Å²) in [5.41, 5.74) is 1.95. The van der Waals surface area contributed by atoms with Gasteiger partial charge in [-0.3, -0.25) is 0 Å². The quantitative estimate of drug-likeness (QED) is 0.793. The molecule has 21 heavy (non-hydrogen) atoms. The molecule has 0 spiro atoms. The van der Waals surface area contributed by atoms with Crippen LogP contribution in [-0.4, -0.2) is 20.9 Å². The van der Waals surface area contributed by atoms with E-state index in [-0.39, 0.29) is 5.56 Å². The largest absolute Gasteiger partial charge is 0.478 e. The normalized spacial score (nSPS) is 10.9. The Hall–Kier alpha value is -2.62. The van der Waals surface area contributed by atoms with E-state index >= 15 is 0 Å². The summed E-state index contributed by atoms with van der Waals surface area (Å²) >= 11 is 0. The summed E-state index contributed by atoms with van der Waals surface area (Å²) in [6.45, 7) is 2.03. The topological polar surface area (TPSA) is 55.1 Å². The first-order valence-electron chi connectivity index (χ1n) is 7.00. The van der Waals surface area contributed by atoms with Crippen molar-refractivity contribution >= 4 is 16.7 Å². The van der Waals surface area contributed by atoms with E-state index in [2.05, 4.69) is 5.10 Å². The first-order valence-corrected chi connectivity index (χ1v) is 7.00. The summed E-state index contributed by atoms with van der Waals surface area (Å²) in [7, 11) is 0. The average Bonchev–Trinajstić information content (AvgIpc) is 2.91. The zero-order valence-corrected chi connectivity index (χ0v) is 11.8. The van der Waals surface area contributed by atoms with E-state index in [4.69, 9.17) is 0 Å². The van der Waals surface area contributed by atoms with Gasteiger partial charge in [0.1, 0.15) is 5.56 Å². The molecule has 0 unspecified atom stereocenters. The van der Waals surface area contributed by atoms with E-state index in [1.54, 1.807) is 4.68 Å². The summed E-state index contributed by atoms with van der Waals surface area (Å²) in [5, 5.41) is 15.8. The molecular formula is C17H16N2O2. The number of hydrogen-bond donors (Lipinski definition) is 1. The number of aromatic carboxylic acids is 1. The van der Waals surface area contributed by atoms with E-state index < -0.39 is 5.97 Å². The molecule has 106 valence electrons. The molecule has 4 nitrogen and oxygen atoms in total. The van der Waals surface area contributed by atoms with E-state index in [0.29, 0.717) is 6.42 Å². The number of hydrogen-bond acceptors (Lipinski definition) is 2. The Labute approximate surface area is 122 Å².